The minimum atomic E-state index is 0.0710. The van der Waals surface area contributed by atoms with Crippen LogP contribution in [0.4, 0.5) is 0 Å². The first kappa shape index (κ1) is 15.3. The van der Waals surface area contributed by atoms with Gasteiger partial charge in [-0.25, -0.2) is 0 Å². The first-order chi connectivity index (χ1) is 11.8. The Morgan fingerprint density at radius 3 is 2.67 bits per heavy atom. The number of fused-ring (bicyclic) bond motifs is 1. The maximum absolute atomic E-state index is 12.3. The fourth-order valence-electron chi connectivity index (χ4n) is 3.81. The van der Waals surface area contributed by atoms with Gasteiger partial charge in [-0.15, -0.1) is 10.2 Å². The number of nitrogens with zero attached hydrogens (tertiary/aromatic N) is 6. The summed E-state index contributed by atoms with van der Waals surface area (Å²) in [6.07, 6.45) is 4.87. The van der Waals surface area contributed by atoms with Gasteiger partial charge in [0.15, 0.2) is 6.33 Å². The van der Waals surface area contributed by atoms with Crippen molar-refractivity contribution in [3.63, 3.8) is 0 Å². The summed E-state index contributed by atoms with van der Waals surface area (Å²) in [5.74, 6) is 0.0710. The number of piperazine rings is 1. The highest BCUT2D eigenvalue weighted by Crippen LogP contribution is 2.25. The predicted molar refractivity (Wildman–Crippen MR) is 88.2 cm³/mol. The van der Waals surface area contributed by atoms with Crippen molar-refractivity contribution in [2.45, 2.75) is 31.8 Å². The molecule has 1 aliphatic carbocycles. The van der Waals surface area contributed by atoms with Crippen molar-refractivity contribution in [2.75, 3.05) is 26.2 Å². The van der Waals surface area contributed by atoms with Gasteiger partial charge in [0.25, 0.3) is 0 Å². The van der Waals surface area contributed by atoms with E-state index in [1.54, 1.807) is 0 Å². The zero-order chi connectivity index (χ0) is 16.4. The Balaban J connectivity index is 1.31. The van der Waals surface area contributed by atoms with Crippen LogP contribution in [0.3, 0.4) is 0 Å². The molecule has 1 atom stereocenters. The minimum Gasteiger partial charge on any atom is -0.338 e. The van der Waals surface area contributed by atoms with Crippen LogP contribution >= 0.6 is 0 Å². The zero-order valence-electron chi connectivity index (χ0n) is 13.7. The summed E-state index contributed by atoms with van der Waals surface area (Å²) < 4.78 is 0. The summed E-state index contributed by atoms with van der Waals surface area (Å²) in [4.78, 5) is 18.1. The van der Waals surface area contributed by atoms with E-state index in [1.165, 1.54) is 28.7 Å². The summed E-state index contributed by atoms with van der Waals surface area (Å²) in [5.41, 5.74) is 2.99. The van der Waals surface area contributed by atoms with Crippen LogP contribution in [0.15, 0.2) is 30.6 Å². The highest BCUT2D eigenvalue weighted by atomic mass is 16.2. The lowest BCUT2D eigenvalue weighted by molar-refractivity contribution is -0.134. The number of benzene rings is 1. The normalized spacial score (nSPS) is 21.5. The van der Waals surface area contributed by atoms with Crippen molar-refractivity contribution in [1.82, 2.24) is 30.0 Å². The SMILES string of the molecule is O=C(Cn1ncnn1)N1CCN(C2CCc3ccccc3C2)CC1. The Kier molecular flexibility index (Phi) is 4.25. The largest absolute Gasteiger partial charge is 0.338 e. The molecule has 0 bridgehead atoms. The van der Waals surface area contributed by atoms with Crippen LogP contribution in [0.2, 0.25) is 0 Å². The van der Waals surface area contributed by atoms with Crippen molar-refractivity contribution in [1.29, 1.82) is 0 Å². The minimum absolute atomic E-state index is 0.0710. The molecule has 1 unspecified atom stereocenters. The van der Waals surface area contributed by atoms with Gasteiger partial charge < -0.3 is 4.90 Å². The van der Waals surface area contributed by atoms with Crippen LogP contribution in [-0.2, 0) is 24.2 Å². The quantitative estimate of drug-likeness (QED) is 0.815. The smallest absolute Gasteiger partial charge is 0.246 e. The molecule has 1 amide bonds. The van der Waals surface area contributed by atoms with E-state index in [0.717, 1.165) is 39.0 Å². The molecule has 2 heterocycles. The third-order valence-electron chi connectivity index (χ3n) is 5.17. The fourth-order valence-corrected chi connectivity index (χ4v) is 3.81. The molecule has 1 aromatic heterocycles. The second-order valence-corrected chi connectivity index (χ2v) is 6.55. The number of carbonyl (C=O) groups is 1. The van der Waals surface area contributed by atoms with Crippen LogP contribution in [0, 0.1) is 0 Å². The molecule has 0 saturated carbocycles. The molecule has 1 saturated heterocycles. The molecule has 7 heteroatoms. The van der Waals surface area contributed by atoms with Crippen molar-refractivity contribution in [3.05, 3.63) is 41.7 Å². The first-order valence-corrected chi connectivity index (χ1v) is 8.59. The van der Waals surface area contributed by atoms with Gasteiger partial charge in [-0.2, -0.15) is 4.80 Å². The van der Waals surface area contributed by atoms with Crippen LogP contribution < -0.4 is 0 Å². The topological polar surface area (TPSA) is 67.2 Å². The Bertz CT molecular complexity index is 693. The highest BCUT2D eigenvalue weighted by molar-refractivity contribution is 5.75. The van der Waals surface area contributed by atoms with Gasteiger partial charge >= 0.3 is 0 Å². The molecule has 126 valence electrons. The number of carbonyl (C=O) groups excluding carboxylic acids is 1. The molecule has 0 N–H and O–H groups in total. The number of tetrazole rings is 1. The lowest BCUT2D eigenvalue weighted by Crippen LogP contribution is -2.53. The average Bonchev–Trinajstić information content (AvgIpc) is 3.14. The van der Waals surface area contributed by atoms with Crippen LogP contribution in [-0.4, -0.2) is 68.1 Å². The van der Waals surface area contributed by atoms with Crippen molar-refractivity contribution < 1.29 is 4.79 Å². The molecule has 1 aliphatic heterocycles. The van der Waals surface area contributed by atoms with Crippen LogP contribution in [0.1, 0.15) is 17.5 Å². The second kappa shape index (κ2) is 6.68. The van der Waals surface area contributed by atoms with Crippen molar-refractivity contribution in [3.8, 4) is 0 Å². The van der Waals surface area contributed by atoms with E-state index in [4.69, 9.17) is 0 Å². The maximum Gasteiger partial charge on any atom is 0.246 e. The molecule has 24 heavy (non-hydrogen) atoms. The van der Waals surface area contributed by atoms with E-state index >= 15 is 0 Å². The number of aryl methyl sites for hydroxylation is 1. The summed E-state index contributed by atoms with van der Waals surface area (Å²) in [5, 5.41) is 11.3. The van der Waals surface area contributed by atoms with E-state index in [2.05, 4.69) is 44.6 Å². The molecule has 7 nitrogen and oxygen atoms in total. The van der Waals surface area contributed by atoms with E-state index in [1.807, 2.05) is 4.90 Å². The number of hydrogen-bond donors (Lipinski definition) is 0. The lowest BCUT2D eigenvalue weighted by atomic mass is 9.87. The number of aromatic nitrogens is 4. The molecular formula is C17H22N6O. The monoisotopic (exact) mass is 326 g/mol. The number of rotatable bonds is 3. The van der Waals surface area contributed by atoms with Gasteiger partial charge in [0, 0.05) is 32.2 Å². The fraction of sp³-hybridized carbons (Fsp3) is 0.529. The molecule has 1 aromatic carbocycles. The molecule has 0 radical (unpaired) electrons. The summed E-state index contributed by atoms with van der Waals surface area (Å²) in [6, 6.07) is 9.38. The van der Waals surface area contributed by atoms with Crippen LogP contribution in [0.25, 0.3) is 0 Å². The van der Waals surface area contributed by atoms with E-state index in [-0.39, 0.29) is 12.5 Å². The average molecular weight is 326 g/mol. The molecule has 2 aliphatic rings. The Morgan fingerprint density at radius 2 is 1.92 bits per heavy atom. The predicted octanol–water partition coefficient (Wildman–Crippen LogP) is 0.375. The van der Waals surface area contributed by atoms with Gasteiger partial charge in [0.2, 0.25) is 5.91 Å². The third kappa shape index (κ3) is 3.17. The Labute approximate surface area is 141 Å². The highest BCUT2D eigenvalue weighted by Gasteiger charge is 2.28. The Morgan fingerprint density at radius 1 is 1.12 bits per heavy atom. The van der Waals surface area contributed by atoms with Crippen molar-refractivity contribution >= 4 is 5.91 Å². The van der Waals surface area contributed by atoms with Crippen LogP contribution in [0.5, 0.6) is 0 Å². The molecule has 0 spiro atoms. The number of amides is 1. The second-order valence-electron chi connectivity index (χ2n) is 6.55. The van der Waals surface area contributed by atoms with E-state index in [0.29, 0.717) is 6.04 Å². The van der Waals surface area contributed by atoms with E-state index < -0.39 is 0 Å². The van der Waals surface area contributed by atoms with Gasteiger partial charge in [-0.05, 0) is 35.6 Å². The third-order valence-corrected chi connectivity index (χ3v) is 5.17. The first-order valence-electron chi connectivity index (χ1n) is 8.59. The molecular weight excluding hydrogens is 304 g/mol. The molecule has 1 fully saturated rings. The standard InChI is InChI=1S/C17H22N6O/c24-17(12-23-19-13-18-20-23)22-9-7-21(8-10-22)16-6-5-14-3-1-2-4-15(14)11-16/h1-4,13,16H,5-12H2. The Hall–Kier alpha value is -2.28. The molecule has 2 aromatic rings. The summed E-state index contributed by atoms with van der Waals surface area (Å²) in [6.45, 7) is 3.64. The van der Waals surface area contributed by atoms with Gasteiger partial charge in [-0.3, -0.25) is 9.69 Å². The molecule has 4 rings (SSSR count). The zero-order valence-corrected chi connectivity index (χ0v) is 13.7. The van der Waals surface area contributed by atoms with E-state index in [9.17, 15) is 4.79 Å². The maximum atomic E-state index is 12.3. The summed E-state index contributed by atoms with van der Waals surface area (Å²) >= 11 is 0. The van der Waals surface area contributed by atoms with Gasteiger partial charge in [0.05, 0.1) is 0 Å². The van der Waals surface area contributed by atoms with Gasteiger partial charge in [-0.1, -0.05) is 24.3 Å². The van der Waals surface area contributed by atoms with Crippen molar-refractivity contribution in [2.24, 2.45) is 0 Å². The van der Waals surface area contributed by atoms with Gasteiger partial charge in [0.1, 0.15) is 6.54 Å². The lowest BCUT2D eigenvalue weighted by Gasteiger charge is -2.41. The number of hydrogen-bond acceptors (Lipinski definition) is 5. The summed E-state index contributed by atoms with van der Waals surface area (Å²) in [7, 11) is 0.